The van der Waals surface area contributed by atoms with Gasteiger partial charge in [-0.3, -0.25) is 0 Å². The van der Waals surface area contributed by atoms with Gasteiger partial charge in [-0.15, -0.1) is 0 Å². The fourth-order valence-corrected chi connectivity index (χ4v) is 5.49. The van der Waals surface area contributed by atoms with E-state index in [-0.39, 0.29) is 0 Å². The van der Waals surface area contributed by atoms with Crippen LogP contribution >= 0.6 is 0 Å². The molecule has 0 radical (unpaired) electrons. The van der Waals surface area contributed by atoms with Crippen LogP contribution in [0.4, 0.5) is 0 Å². The van der Waals surface area contributed by atoms with E-state index in [9.17, 15) is 0 Å². The quantitative estimate of drug-likeness (QED) is 0.496. The highest BCUT2D eigenvalue weighted by molar-refractivity contribution is 6.67. The van der Waals surface area contributed by atoms with Crippen molar-refractivity contribution < 1.29 is 12.7 Å². The van der Waals surface area contributed by atoms with Crippen LogP contribution in [0.1, 0.15) is 12.8 Å². The van der Waals surface area contributed by atoms with Crippen molar-refractivity contribution in [1.29, 1.82) is 0 Å². The standard InChI is InChI=1S/C4H12N2OSi.H8O2Si3/c5-8(6)4-2-1-3-7-8;3-1-5-2-4/h1-6H2;5H2,3-4H3. The molecule has 0 unspecified atom stereocenters. The Kier molecular flexibility index (Phi) is 8.43. The van der Waals surface area contributed by atoms with Crippen molar-refractivity contribution >= 4 is 39.6 Å². The summed E-state index contributed by atoms with van der Waals surface area (Å²) >= 11 is 0. The van der Waals surface area contributed by atoms with Crippen LogP contribution in [-0.4, -0.2) is 46.2 Å². The molecule has 1 aliphatic heterocycles. The molecular formula is C4H20N2O3Si4. The molecule has 0 amide bonds. The SMILES string of the molecule is N[Si]1(N)CCCCO1.[SiH3]O[SiH2]O[SiH3]. The zero-order valence-corrected chi connectivity index (χ0v) is 14.8. The third-order valence-corrected chi connectivity index (χ3v) is 5.33. The average molecular weight is 257 g/mol. The molecule has 0 aromatic heterocycles. The summed E-state index contributed by atoms with van der Waals surface area (Å²) in [6.07, 6.45) is 2.28. The van der Waals surface area contributed by atoms with Crippen molar-refractivity contribution in [3.8, 4) is 0 Å². The fraction of sp³-hybridized carbons (Fsp3) is 1.00. The highest BCUT2D eigenvalue weighted by Gasteiger charge is 2.27. The van der Waals surface area contributed by atoms with Crippen molar-refractivity contribution in [3.05, 3.63) is 0 Å². The molecule has 1 heterocycles. The van der Waals surface area contributed by atoms with Gasteiger partial charge in [0.05, 0.1) is 0 Å². The Morgan fingerprint density at radius 3 is 2.00 bits per heavy atom. The van der Waals surface area contributed by atoms with E-state index >= 15 is 0 Å². The molecule has 1 fully saturated rings. The Morgan fingerprint density at radius 2 is 1.85 bits per heavy atom. The van der Waals surface area contributed by atoms with Gasteiger partial charge in [-0.25, -0.2) is 0 Å². The van der Waals surface area contributed by atoms with Crippen molar-refractivity contribution in [1.82, 2.24) is 0 Å². The molecule has 0 aromatic rings. The monoisotopic (exact) mass is 256 g/mol. The first-order valence-corrected chi connectivity index (χ1v) is 9.38. The van der Waals surface area contributed by atoms with Crippen molar-refractivity contribution in [2.75, 3.05) is 6.61 Å². The molecule has 1 rings (SSSR count). The van der Waals surface area contributed by atoms with Crippen LogP contribution in [0.5, 0.6) is 0 Å². The summed E-state index contributed by atoms with van der Waals surface area (Å²) in [6, 6.07) is 0.924. The Morgan fingerprint density at radius 1 is 1.23 bits per heavy atom. The Bertz CT molecular complexity index is 118. The highest BCUT2D eigenvalue weighted by Crippen LogP contribution is 2.11. The molecule has 13 heavy (non-hydrogen) atoms. The minimum Gasteiger partial charge on any atom is -0.449 e. The van der Waals surface area contributed by atoms with Crippen LogP contribution in [-0.2, 0) is 12.7 Å². The van der Waals surface area contributed by atoms with Gasteiger partial charge in [0.1, 0.15) is 21.0 Å². The number of rotatable bonds is 2. The number of hydrogen-bond donors (Lipinski definition) is 2. The minimum atomic E-state index is -2.09. The van der Waals surface area contributed by atoms with Gasteiger partial charge in [-0.1, -0.05) is 0 Å². The Labute approximate surface area is 88.9 Å². The second kappa shape index (κ2) is 8.02. The minimum absolute atomic E-state index is 0.444. The van der Waals surface area contributed by atoms with Crippen LogP contribution in [0.3, 0.4) is 0 Å². The summed E-state index contributed by atoms with van der Waals surface area (Å²) in [4.78, 5) is 0. The zero-order chi connectivity index (χ0) is 10.2. The molecule has 0 aliphatic carbocycles. The molecule has 80 valence electrons. The van der Waals surface area contributed by atoms with Crippen LogP contribution in [0.25, 0.3) is 0 Å². The van der Waals surface area contributed by atoms with Crippen LogP contribution in [0, 0.1) is 0 Å². The number of nitrogens with two attached hydrogens (primary N) is 2. The Balaban J connectivity index is 0.000000252. The van der Waals surface area contributed by atoms with E-state index in [1.165, 1.54) is 0 Å². The summed E-state index contributed by atoms with van der Waals surface area (Å²) in [5.74, 6) is 0. The zero-order valence-electron chi connectivity index (χ0n) is 8.41. The van der Waals surface area contributed by atoms with Gasteiger partial charge in [0.2, 0.25) is 0 Å². The van der Waals surface area contributed by atoms with Crippen molar-refractivity contribution in [2.45, 2.75) is 18.9 Å². The smallest absolute Gasteiger partial charge is 0.346 e. The lowest BCUT2D eigenvalue weighted by molar-refractivity contribution is 0.267. The van der Waals surface area contributed by atoms with E-state index in [1.807, 2.05) is 0 Å². The number of hydrogen-bond acceptors (Lipinski definition) is 5. The molecule has 5 nitrogen and oxygen atoms in total. The van der Waals surface area contributed by atoms with Gasteiger partial charge >= 0.3 is 8.64 Å². The maximum atomic E-state index is 5.57. The van der Waals surface area contributed by atoms with Crippen molar-refractivity contribution in [2.24, 2.45) is 10.8 Å². The third kappa shape index (κ3) is 8.98. The Hall–Kier alpha value is 0.668. The van der Waals surface area contributed by atoms with E-state index in [4.69, 9.17) is 23.5 Å². The van der Waals surface area contributed by atoms with Crippen molar-refractivity contribution in [3.63, 3.8) is 0 Å². The van der Waals surface area contributed by atoms with E-state index in [0.29, 0.717) is 0 Å². The topological polar surface area (TPSA) is 79.7 Å². The molecule has 9 heteroatoms. The highest BCUT2D eigenvalue weighted by atomic mass is 28.4. The van der Waals surface area contributed by atoms with Gasteiger partial charge < -0.3 is 23.5 Å². The lowest BCUT2D eigenvalue weighted by atomic mass is 10.4. The molecule has 4 N–H and O–H groups in total. The van der Waals surface area contributed by atoms with Crippen LogP contribution < -0.4 is 10.8 Å². The van der Waals surface area contributed by atoms with Crippen LogP contribution in [0.15, 0.2) is 0 Å². The molecule has 1 saturated heterocycles. The molecule has 0 aromatic carbocycles. The molecule has 0 bridgehead atoms. The van der Waals surface area contributed by atoms with Crippen LogP contribution in [0.2, 0.25) is 6.04 Å². The second-order valence-corrected chi connectivity index (χ2v) is 10.5. The first-order chi connectivity index (χ1) is 6.12. The summed E-state index contributed by atoms with van der Waals surface area (Å²) in [5, 5.41) is 11.1. The van der Waals surface area contributed by atoms with E-state index in [2.05, 4.69) is 0 Å². The summed E-state index contributed by atoms with van der Waals surface area (Å²) < 4.78 is 14.7. The molecule has 0 saturated carbocycles. The third-order valence-electron chi connectivity index (χ3n) is 1.57. The lowest BCUT2D eigenvalue weighted by Gasteiger charge is -2.25. The molecule has 1 aliphatic rings. The predicted molar refractivity (Wildman–Crippen MR) is 64.7 cm³/mol. The maximum absolute atomic E-state index is 5.57. The first-order valence-electron chi connectivity index (χ1n) is 4.32. The van der Waals surface area contributed by atoms with Gasteiger partial charge in [0.15, 0.2) is 0 Å². The van der Waals surface area contributed by atoms with Gasteiger partial charge in [0.25, 0.3) is 10.0 Å². The molecule has 0 spiro atoms. The largest absolute Gasteiger partial charge is 0.449 e. The first kappa shape index (κ1) is 13.7. The predicted octanol–water partition coefficient (Wildman–Crippen LogP) is -3.77. The van der Waals surface area contributed by atoms with Gasteiger partial charge in [-0.2, -0.15) is 0 Å². The average Bonchev–Trinajstić information content (AvgIpc) is 2.06. The second-order valence-electron chi connectivity index (χ2n) is 2.96. The van der Waals surface area contributed by atoms with E-state index in [1.54, 1.807) is 0 Å². The fourth-order valence-electron chi connectivity index (χ4n) is 0.956. The molecule has 0 atom stereocenters. The summed E-state index contributed by atoms with van der Waals surface area (Å²) in [7, 11) is -0.820. The van der Waals surface area contributed by atoms with E-state index in [0.717, 1.165) is 46.5 Å². The maximum Gasteiger partial charge on any atom is 0.346 e. The normalized spacial score (nSPS) is 21.7. The lowest BCUT2D eigenvalue weighted by Crippen LogP contribution is -2.60. The van der Waals surface area contributed by atoms with Gasteiger partial charge in [-0.05, 0) is 18.9 Å². The summed E-state index contributed by atoms with van der Waals surface area (Å²) in [6.45, 7) is 0.777. The van der Waals surface area contributed by atoms with Gasteiger partial charge in [0, 0.05) is 6.61 Å². The molecular weight excluding hydrogens is 236 g/mol. The summed E-state index contributed by atoms with van der Waals surface area (Å²) in [5.41, 5.74) is 0. The van der Waals surface area contributed by atoms with E-state index < -0.39 is 18.6 Å².